The molecule has 0 radical (unpaired) electrons. The van der Waals surface area contributed by atoms with Gasteiger partial charge in [-0.1, -0.05) is 42.5 Å². The molecular weight excluding hydrogens is 379 g/mol. The van der Waals surface area contributed by atoms with Gasteiger partial charge in [0.05, 0.1) is 18.7 Å². The van der Waals surface area contributed by atoms with Gasteiger partial charge in [0, 0.05) is 43.9 Å². The fraction of sp³-hybridized carbons (Fsp3) is 0.333. The van der Waals surface area contributed by atoms with E-state index in [4.69, 9.17) is 0 Å². The molecule has 0 atom stereocenters. The summed E-state index contributed by atoms with van der Waals surface area (Å²) < 4.78 is 14.5. The van der Waals surface area contributed by atoms with E-state index in [1.165, 1.54) is 11.6 Å². The first-order valence-electron chi connectivity index (χ1n) is 10.5. The lowest BCUT2D eigenvalue weighted by Gasteiger charge is -2.42. The maximum Gasteiger partial charge on any atom is 0.259 e. The highest BCUT2D eigenvalue weighted by molar-refractivity contribution is 6.09. The molecule has 0 bridgehead atoms. The van der Waals surface area contributed by atoms with Crippen molar-refractivity contribution in [3.8, 4) is 0 Å². The van der Waals surface area contributed by atoms with Gasteiger partial charge in [0.15, 0.2) is 0 Å². The first-order valence-corrected chi connectivity index (χ1v) is 10.5. The van der Waals surface area contributed by atoms with Crippen LogP contribution in [0.1, 0.15) is 23.1 Å². The van der Waals surface area contributed by atoms with Crippen molar-refractivity contribution >= 4 is 11.9 Å². The van der Waals surface area contributed by atoms with Gasteiger partial charge < -0.3 is 4.90 Å². The monoisotopic (exact) mass is 404 g/mol. The molecule has 6 heteroatoms. The Labute approximate surface area is 176 Å². The van der Waals surface area contributed by atoms with Gasteiger partial charge in [-0.25, -0.2) is 4.39 Å². The molecule has 154 valence electrons. The number of aryl methyl sites for hydroxylation is 1. The highest BCUT2D eigenvalue weighted by Crippen LogP contribution is 2.32. The molecule has 3 aliphatic heterocycles. The number of rotatable bonds is 4. The van der Waals surface area contributed by atoms with Gasteiger partial charge in [-0.2, -0.15) is 0 Å². The second-order valence-corrected chi connectivity index (χ2v) is 8.19. The number of carbonyl (C=O) groups is 1. The Morgan fingerprint density at radius 1 is 1.07 bits per heavy atom. The first kappa shape index (κ1) is 19.0. The number of guanidine groups is 1. The van der Waals surface area contributed by atoms with Crippen molar-refractivity contribution < 1.29 is 9.18 Å². The molecule has 5 nitrogen and oxygen atoms in total. The van der Waals surface area contributed by atoms with Crippen LogP contribution in [0.3, 0.4) is 0 Å². The molecule has 5 rings (SSSR count). The van der Waals surface area contributed by atoms with Crippen LogP contribution >= 0.6 is 0 Å². The summed E-state index contributed by atoms with van der Waals surface area (Å²) in [5, 5.41) is 0. The number of nitrogens with zero attached hydrogens (tertiary/aromatic N) is 4. The van der Waals surface area contributed by atoms with Crippen molar-refractivity contribution in [3.05, 3.63) is 82.3 Å². The van der Waals surface area contributed by atoms with Gasteiger partial charge >= 0.3 is 0 Å². The normalized spacial score (nSPS) is 19.1. The van der Waals surface area contributed by atoms with Crippen LogP contribution in [0.15, 0.2) is 64.8 Å². The topological polar surface area (TPSA) is 39.2 Å². The fourth-order valence-electron chi connectivity index (χ4n) is 4.54. The second-order valence-electron chi connectivity index (χ2n) is 8.19. The van der Waals surface area contributed by atoms with Crippen molar-refractivity contribution in [2.45, 2.75) is 26.4 Å². The molecule has 3 aliphatic rings. The zero-order chi connectivity index (χ0) is 20.7. The van der Waals surface area contributed by atoms with E-state index >= 15 is 0 Å². The Kier molecular flexibility index (Phi) is 4.87. The zero-order valence-corrected chi connectivity index (χ0v) is 17.1. The molecular formula is C24H25FN4O. The third kappa shape index (κ3) is 3.41. The molecule has 0 fully saturated rings. The first-order chi connectivity index (χ1) is 14.6. The second kappa shape index (κ2) is 7.69. The van der Waals surface area contributed by atoms with E-state index in [0.29, 0.717) is 24.6 Å². The van der Waals surface area contributed by atoms with E-state index in [1.807, 2.05) is 31.2 Å². The summed E-state index contributed by atoms with van der Waals surface area (Å²) in [6, 6.07) is 15.5. The number of halogens is 1. The molecule has 3 heterocycles. The van der Waals surface area contributed by atoms with Crippen LogP contribution in [-0.2, 0) is 17.9 Å². The number of hydrogen-bond donors (Lipinski definition) is 0. The van der Waals surface area contributed by atoms with Crippen LogP contribution in [0.4, 0.5) is 4.39 Å². The average molecular weight is 404 g/mol. The molecule has 2 aromatic rings. The lowest BCUT2D eigenvalue weighted by molar-refractivity contribution is -0.125. The summed E-state index contributed by atoms with van der Waals surface area (Å²) in [6.07, 6.45) is 0.833. The van der Waals surface area contributed by atoms with Gasteiger partial charge in [-0.3, -0.25) is 19.6 Å². The summed E-state index contributed by atoms with van der Waals surface area (Å²) in [6.45, 7) is 5.86. The Hall–Kier alpha value is -2.99. The van der Waals surface area contributed by atoms with Crippen LogP contribution in [-0.4, -0.2) is 52.7 Å². The lowest BCUT2D eigenvalue weighted by atomic mass is 10.00. The largest absolute Gasteiger partial charge is 0.314 e. The summed E-state index contributed by atoms with van der Waals surface area (Å²) >= 11 is 0. The van der Waals surface area contributed by atoms with Crippen molar-refractivity contribution in [3.63, 3.8) is 0 Å². The molecule has 0 unspecified atom stereocenters. The Balaban J connectivity index is 1.42. The smallest absolute Gasteiger partial charge is 0.259 e. The van der Waals surface area contributed by atoms with Crippen molar-refractivity contribution in [2.24, 2.45) is 4.99 Å². The van der Waals surface area contributed by atoms with Crippen LogP contribution in [0.5, 0.6) is 0 Å². The van der Waals surface area contributed by atoms with E-state index in [2.05, 4.69) is 26.9 Å². The molecule has 0 saturated heterocycles. The highest BCUT2D eigenvalue weighted by Gasteiger charge is 2.41. The van der Waals surface area contributed by atoms with Gasteiger partial charge in [0.25, 0.3) is 5.91 Å². The highest BCUT2D eigenvalue weighted by atomic mass is 19.1. The summed E-state index contributed by atoms with van der Waals surface area (Å²) in [5.41, 5.74) is 4.55. The summed E-state index contributed by atoms with van der Waals surface area (Å²) in [7, 11) is 0. The Bertz CT molecular complexity index is 1050. The van der Waals surface area contributed by atoms with Crippen molar-refractivity contribution in [1.82, 2.24) is 14.7 Å². The molecule has 1 amide bonds. The Morgan fingerprint density at radius 3 is 2.70 bits per heavy atom. The number of fused-ring (bicyclic) bond motifs is 2. The van der Waals surface area contributed by atoms with E-state index in [0.717, 1.165) is 42.9 Å². The Morgan fingerprint density at radius 2 is 1.90 bits per heavy atom. The molecule has 2 aromatic carbocycles. The molecule has 0 aliphatic carbocycles. The predicted octanol–water partition coefficient (Wildman–Crippen LogP) is 3.31. The van der Waals surface area contributed by atoms with Gasteiger partial charge in [-0.05, 0) is 24.1 Å². The number of hydrogen-bond acceptors (Lipinski definition) is 4. The van der Waals surface area contributed by atoms with Gasteiger partial charge in [-0.15, -0.1) is 0 Å². The van der Waals surface area contributed by atoms with Crippen LogP contribution in [0.2, 0.25) is 0 Å². The quantitative estimate of drug-likeness (QED) is 0.785. The van der Waals surface area contributed by atoms with E-state index in [1.54, 1.807) is 11.0 Å². The van der Waals surface area contributed by atoms with E-state index < -0.39 is 0 Å². The van der Waals surface area contributed by atoms with Crippen LogP contribution in [0.25, 0.3) is 0 Å². The minimum absolute atomic E-state index is 0.0420. The maximum atomic E-state index is 14.5. The van der Waals surface area contributed by atoms with Crippen molar-refractivity contribution in [2.75, 3.05) is 26.2 Å². The fourth-order valence-corrected chi connectivity index (χ4v) is 4.54. The SMILES string of the molecule is Cc1ccc(CN2C(=O)C3=C(CCN(Cc4ccccc4)C3)N3CCN=C23)c(F)c1. The molecule has 0 N–H and O–H groups in total. The molecule has 0 aromatic heterocycles. The van der Waals surface area contributed by atoms with Crippen LogP contribution < -0.4 is 0 Å². The van der Waals surface area contributed by atoms with Crippen molar-refractivity contribution in [1.29, 1.82) is 0 Å². The number of aliphatic imine (C=N–C) groups is 1. The number of amides is 1. The minimum atomic E-state index is -0.276. The third-order valence-corrected chi connectivity index (χ3v) is 6.07. The van der Waals surface area contributed by atoms with Crippen LogP contribution in [0, 0.1) is 12.7 Å². The molecule has 30 heavy (non-hydrogen) atoms. The van der Waals surface area contributed by atoms with E-state index in [9.17, 15) is 9.18 Å². The number of carbonyl (C=O) groups excluding carboxylic acids is 1. The van der Waals surface area contributed by atoms with Gasteiger partial charge in [0.1, 0.15) is 5.82 Å². The lowest BCUT2D eigenvalue weighted by Crippen LogP contribution is -2.53. The average Bonchev–Trinajstić information content (AvgIpc) is 3.23. The summed E-state index contributed by atoms with van der Waals surface area (Å²) in [5.74, 6) is 0.358. The number of benzene rings is 2. The maximum absolute atomic E-state index is 14.5. The molecule has 0 spiro atoms. The van der Waals surface area contributed by atoms with Gasteiger partial charge in [0.2, 0.25) is 5.96 Å². The standard InChI is InChI=1S/C24H25FN4O/c1-17-7-8-19(21(25)13-17)15-29-23(30)20-16-27(14-18-5-3-2-4-6-18)11-9-22(20)28-12-10-26-24(28)29/h2-8,13H,9-12,14-16H2,1H3. The third-order valence-electron chi connectivity index (χ3n) is 6.07. The zero-order valence-electron chi connectivity index (χ0n) is 17.1. The van der Waals surface area contributed by atoms with E-state index in [-0.39, 0.29) is 18.3 Å². The predicted molar refractivity (Wildman–Crippen MR) is 114 cm³/mol. The summed E-state index contributed by atoms with van der Waals surface area (Å²) in [4.78, 5) is 24.2. The minimum Gasteiger partial charge on any atom is -0.314 e. The molecule has 0 saturated carbocycles.